The third kappa shape index (κ3) is 3.75. The van der Waals surface area contributed by atoms with E-state index in [9.17, 15) is 13.2 Å². The zero-order valence-electron chi connectivity index (χ0n) is 2.75. The molecule has 0 saturated heterocycles. The highest BCUT2D eigenvalue weighted by Gasteiger charge is 2.25. The maximum Gasteiger partial charge on any atom is 0.409 e. The molecule has 0 heterocycles. The number of alkyl halides is 3. The van der Waals surface area contributed by atoms with Crippen molar-refractivity contribution in [2.75, 3.05) is 6.67 Å². The van der Waals surface area contributed by atoms with Gasteiger partial charge in [-0.25, -0.2) is 4.39 Å². The van der Waals surface area contributed by atoms with E-state index >= 15 is 0 Å². The lowest BCUT2D eigenvalue weighted by Gasteiger charge is -1.94. The number of halogens is 3. The topological polar surface area (TPSA) is 19.9 Å². The van der Waals surface area contributed by atoms with E-state index in [1.807, 2.05) is 0 Å². The van der Waals surface area contributed by atoms with E-state index in [-0.39, 0.29) is 0 Å². The Bertz CT molecular complexity index is 38.5. The van der Waals surface area contributed by atoms with Crippen molar-refractivity contribution in [2.45, 2.75) is 6.11 Å². The van der Waals surface area contributed by atoms with E-state index in [1.165, 1.54) is 0 Å². The summed E-state index contributed by atoms with van der Waals surface area (Å²) in [6, 6.07) is 0. The first-order valence-electron chi connectivity index (χ1n) is 1.20. The quantitative estimate of drug-likeness (QED) is 0.467. The van der Waals surface area contributed by atoms with Gasteiger partial charge in [-0.2, -0.15) is 13.9 Å². The van der Waals surface area contributed by atoms with Crippen molar-refractivity contribution in [3.63, 3.8) is 0 Å². The second-order valence-electron chi connectivity index (χ2n) is 0.771. The third-order valence-corrected chi connectivity index (χ3v) is 0.156. The van der Waals surface area contributed by atoms with Crippen LogP contribution >= 0.6 is 0 Å². The fourth-order valence-corrected chi connectivity index (χ4v) is 0. The summed E-state index contributed by atoms with van der Waals surface area (Å²) in [7, 11) is 0. The monoisotopic (exact) mass is 99.0 g/mol. The molecule has 0 rings (SSSR count). The van der Waals surface area contributed by atoms with Crippen LogP contribution in [0.1, 0.15) is 0 Å². The van der Waals surface area contributed by atoms with E-state index in [0.29, 0.717) is 0 Å². The molecule has 0 fully saturated rings. The Balaban J connectivity index is 3.17. The maximum atomic E-state index is 10.5. The predicted molar refractivity (Wildman–Crippen MR) is 11.6 cm³/mol. The number of rotatable bonds is 1. The van der Waals surface area contributed by atoms with Gasteiger partial charge in [0.2, 0.25) is 0 Å². The first-order valence-corrected chi connectivity index (χ1v) is 1.20. The summed E-state index contributed by atoms with van der Waals surface area (Å²) in [5.41, 5.74) is 0. The minimum absolute atomic E-state index is 2.12. The molecule has 0 amide bonds. The molecule has 0 aliphatic carbocycles. The molecule has 0 unspecified atom stereocenters. The second kappa shape index (κ2) is 1.47. The van der Waals surface area contributed by atoms with Gasteiger partial charge in [-0.1, -0.05) is 0 Å². The first kappa shape index (κ1) is 5.75. The van der Waals surface area contributed by atoms with Gasteiger partial charge in [-0.15, -0.1) is 0 Å². The van der Waals surface area contributed by atoms with Gasteiger partial charge in [0.25, 0.3) is 0 Å². The molecule has 0 spiro atoms. The average Bonchev–Trinajstić information content (AvgIpc) is 1.35. The van der Waals surface area contributed by atoms with Crippen molar-refractivity contribution in [3.8, 4) is 0 Å². The maximum absolute atomic E-state index is 10.5. The Morgan fingerprint density at radius 3 is 1.67 bits per heavy atom. The van der Waals surface area contributed by atoms with Gasteiger partial charge in [0.05, 0.1) is 0 Å². The molecular formula is C2H2F3O. The van der Waals surface area contributed by atoms with E-state index in [1.54, 1.807) is 0 Å². The normalized spacial score (nSPS) is 12.0. The summed E-state index contributed by atoms with van der Waals surface area (Å²) in [5, 5.41) is 8.76. The summed E-state index contributed by atoms with van der Waals surface area (Å²) < 4.78 is 31.5. The first-order chi connectivity index (χ1) is 2.56. The van der Waals surface area contributed by atoms with Gasteiger partial charge in [0, 0.05) is 0 Å². The molecule has 1 nitrogen and oxygen atoms in total. The molecule has 0 aliphatic heterocycles. The lowest BCUT2D eigenvalue weighted by Crippen LogP contribution is -2.13. The fraction of sp³-hybridized carbons (Fsp3) is 1.00. The number of hydrogen-bond donors (Lipinski definition) is 0. The SMILES string of the molecule is [O]C(F)(F)CF. The van der Waals surface area contributed by atoms with E-state index in [2.05, 4.69) is 0 Å². The Labute approximate surface area is 32.4 Å². The van der Waals surface area contributed by atoms with E-state index in [0.717, 1.165) is 0 Å². The van der Waals surface area contributed by atoms with Crippen molar-refractivity contribution < 1.29 is 18.3 Å². The Kier molecular flexibility index (Phi) is 1.40. The van der Waals surface area contributed by atoms with Crippen LogP contribution in [0.5, 0.6) is 0 Å². The minimum Gasteiger partial charge on any atom is -0.241 e. The van der Waals surface area contributed by atoms with Crippen LogP contribution in [-0.2, 0) is 5.11 Å². The lowest BCUT2D eigenvalue weighted by molar-refractivity contribution is -0.249. The standard InChI is InChI=1S/C2H2F3O/c3-1-2(4,5)6/h1H2. The van der Waals surface area contributed by atoms with Gasteiger partial charge in [0.1, 0.15) is 0 Å². The van der Waals surface area contributed by atoms with Crippen molar-refractivity contribution in [1.29, 1.82) is 0 Å². The molecule has 0 atom stereocenters. The highest BCUT2D eigenvalue weighted by molar-refractivity contribution is 4.38. The van der Waals surface area contributed by atoms with Crippen LogP contribution in [-0.4, -0.2) is 12.8 Å². The van der Waals surface area contributed by atoms with Crippen LogP contribution in [0.25, 0.3) is 0 Å². The van der Waals surface area contributed by atoms with Crippen molar-refractivity contribution in [3.05, 3.63) is 0 Å². The van der Waals surface area contributed by atoms with Crippen LogP contribution in [0, 0.1) is 0 Å². The molecule has 1 radical (unpaired) electrons. The van der Waals surface area contributed by atoms with E-state index in [4.69, 9.17) is 5.11 Å². The molecule has 4 heteroatoms. The van der Waals surface area contributed by atoms with Gasteiger partial charge in [-0.05, 0) is 0 Å². The summed E-state index contributed by atoms with van der Waals surface area (Å²) in [5.74, 6) is 0. The van der Waals surface area contributed by atoms with Gasteiger partial charge >= 0.3 is 6.11 Å². The van der Waals surface area contributed by atoms with Crippen molar-refractivity contribution >= 4 is 0 Å². The molecule has 0 aromatic rings. The van der Waals surface area contributed by atoms with Gasteiger partial charge < -0.3 is 0 Å². The zero-order valence-corrected chi connectivity index (χ0v) is 2.75. The molecule has 37 valence electrons. The largest absolute Gasteiger partial charge is 0.409 e. The molecule has 6 heavy (non-hydrogen) atoms. The second-order valence-corrected chi connectivity index (χ2v) is 0.771. The summed E-state index contributed by atoms with van der Waals surface area (Å²) in [4.78, 5) is 0. The van der Waals surface area contributed by atoms with Crippen LogP contribution in [0.2, 0.25) is 0 Å². The predicted octanol–water partition coefficient (Wildman–Crippen LogP) is 0.979. The zero-order chi connectivity index (χ0) is 5.21. The van der Waals surface area contributed by atoms with Gasteiger partial charge in [0.15, 0.2) is 6.67 Å². The highest BCUT2D eigenvalue weighted by atomic mass is 19.3. The summed E-state index contributed by atoms with van der Waals surface area (Å²) in [6.45, 7) is -2.12. The highest BCUT2D eigenvalue weighted by Crippen LogP contribution is 2.07. The number of hydrogen-bond acceptors (Lipinski definition) is 0. The fourth-order valence-electron chi connectivity index (χ4n) is 0. The molecule has 0 N–H and O–H groups in total. The average molecular weight is 99.0 g/mol. The van der Waals surface area contributed by atoms with E-state index < -0.39 is 12.8 Å². The summed E-state index contributed by atoms with van der Waals surface area (Å²) >= 11 is 0. The van der Waals surface area contributed by atoms with Gasteiger partial charge in [-0.3, -0.25) is 0 Å². The Hall–Kier alpha value is -0.250. The molecule has 0 aromatic heterocycles. The molecule has 0 saturated carbocycles. The van der Waals surface area contributed by atoms with Crippen molar-refractivity contribution in [1.82, 2.24) is 0 Å². The van der Waals surface area contributed by atoms with Crippen LogP contribution in [0.15, 0.2) is 0 Å². The molecule has 0 aliphatic rings. The summed E-state index contributed by atoms with van der Waals surface area (Å²) in [6.07, 6.45) is -4.38. The Morgan fingerprint density at radius 2 is 1.67 bits per heavy atom. The van der Waals surface area contributed by atoms with Crippen molar-refractivity contribution in [2.24, 2.45) is 0 Å². The third-order valence-electron chi connectivity index (χ3n) is 0.156. The molecule has 0 bridgehead atoms. The minimum atomic E-state index is -4.38. The van der Waals surface area contributed by atoms with Crippen LogP contribution in [0.3, 0.4) is 0 Å². The lowest BCUT2D eigenvalue weighted by atomic mass is 10.7. The smallest absolute Gasteiger partial charge is 0.241 e. The molecule has 0 aromatic carbocycles. The Morgan fingerprint density at radius 1 is 1.50 bits per heavy atom. The van der Waals surface area contributed by atoms with Crippen LogP contribution in [0.4, 0.5) is 13.2 Å². The molecular weight excluding hydrogens is 97.0 g/mol. The van der Waals surface area contributed by atoms with Crippen LogP contribution < -0.4 is 0 Å².